The van der Waals surface area contributed by atoms with Gasteiger partial charge in [0.1, 0.15) is 11.3 Å². The summed E-state index contributed by atoms with van der Waals surface area (Å²) in [4.78, 5) is 0. The molecule has 76 valence electrons. The molecule has 2 rings (SSSR count). The molecule has 0 amide bonds. The maximum atomic E-state index is 10.3. The number of aliphatic hydroxyl groups is 1. The summed E-state index contributed by atoms with van der Waals surface area (Å²) in [7, 11) is 1.80. The molecule has 0 aliphatic heterocycles. The van der Waals surface area contributed by atoms with Crippen molar-refractivity contribution in [3.63, 3.8) is 0 Å². The molecule has 1 aliphatic carbocycles. The van der Waals surface area contributed by atoms with Crippen molar-refractivity contribution in [2.45, 2.75) is 25.4 Å². The first-order valence-electron chi connectivity index (χ1n) is 4.89. The van der Waals surface area contributed by atoms with Gasteiger partial charge in [-0.15, -0.1) is 5.10 Å². The summed E-state index contributed by atoms with van der Waals surface area (Å²) >= 11 is 0. The molecule has 0 bridgehead atoms. The van der Waals surface area contributed by atoms with Crippen LogP contribution >= 0.6 is 0 Å². The van der Waals surface area contributed by atoms with Gasteiger partial charge in [-0.1, -0.05) is 24.3 Å². The summed E-state index contributed by atoms with van der Waals surface area (Å²) in [6.45, 7) is 2.15. The molecule has 14 heavy (non-hydrogen) atoms. The fraction of sp³-hybridized carbons (Fsp3) is 0.600. The number of allylic oxidation sites excluding steroid dienone is 1. The number of rotatable bonds is 1. The number of hydrogen-bond acceptors (Lipinski definition) is 3. The number of nitrogens with zero attached hydrogens (tertiary/aromatic N) is 3. The minimum Gasteiger partial charge on any atom is -0.379 e. The summed E-state index contributed by atoms with van der Waals surface area (Å²) in [5.74, 6) is 0.548. The second-order valence-corrected chi connectivity index (χ2v) is 4.08. The lowest BCUT2D eigenvalue weighted by atomic mass is 9.84. The Bertz CT molecular complexity index is 358. The summed E-state index contributed by atoms with van der Waals surface area (Å²) in [6.07, 6.45) is 7.36. The van der Waals surface area contributed by atoms with Crippen LogP contribution in [0.5, 0.6) is 0 Å². The van der Waals surface area contributed by atoms with E-state index in [2.05, 4.69) is 17.2 Å². The van der Waals surface area contributed by atoms with Crippen molar-refractivity contribution in [2.75, 3.05) is 0 Å². The van der Waals surface area contributed by atoms with Crippen LogP contribution in [-0.4, -0.2) is 20.1 Å². The van der Waals surface area contributed by atoms with E-state index in [4.69, 9.17) is 0 Å². The van der Waals surface area contributed by atoms with Crippen molar-refractivity contribution in [3.8, 4) is 0 Å². The Labute approximate surface area is 83.2 Å². The highest BCUT2D eigenvalue weighted by Gasteiger charge is 2.32. The highest BCUT2D eigenvalue weighted by molar-refractivity contribution is 5.19. The molecule has 2 atom stereocenters. The van der Waals surface area contributed by atoms with Gasteiger partial charge in [0.05, 0.1) is 6.20 Å². The van der Waals surface area contributed by atoms with Gasteiger partial charge in [0.15, 0.2) is 0 Å². The van der Waals surface area contributed by atoms with E-state index < -0.39 is 5.60 Å². The molecule has 0 spiro atoms. The quantitative estimate of drug-likeness (QED) is 0.677. The standard InChI is InChI=1S/C10H15N3O/c1-8-3-5-10(14,6-4-8)9-7-13(2)12-11-9/h3,5,7-8,14H,4,6H2,1-2H3. The predicted molar refractivity (Wildman–Crippen MR) is 52.4 cm³/mol. The molecule has 1 heterocycles. The van der Waals surface area contributed by atoms with Crippen LogP contribution in [0.2, 0.25) is 0 Å². The largest absolute Gasteiger partial charge is 0.379 e. The Kier molecular flexibility index (Phi) is 2.15. The van der Waals surface area contributed by atoms with Gasteiger partial charge in [-0.25, -0.2) is 0 Å². The molecule has 0 saturated heterocycles. The molecule has 1 aromatic heterocycles. The minimum atomic E-state index is -0.902. The van der Waals surface area contributed by atoms with Gasteiger partial charge >= 0.3 is 0 Å². The van der Waals surface area contributed by atoms with E-state index in [9.17, 15) is 5.11 Å². The average Bonchev–Trinajstić information content (AvgIpc) is 2.58. The van der Waals surface area contributed by atoms with Crippen molar-refractivity contribution in [1.29, 1.82) is 0 Å². The second kappa shape index (κ2) is 3.20. The van der Waals surface area contributed by atoms with Gasteiger partial charge in [-0.2, -0.15) is 0 Å². The van der Waals surface area contributed by atoms with E-state index in [1.165, 1.54) is 0 Å². The molecule has 1 aliphatic rings. The molecule has 2 unspecified atom stereocenters. The molecule has 0 fully saturated rings. The summed E-state index contributed by atoms with van der Waals surface area (Å²) in [6, 6.07) is 0. The Morgan fingerprint density at radius 1 is 1.64 bits per heavy atom. The number of hydrogen-bond donors (Lipinski definition) is 1. The molecule has 0 saturated carbocycles. The predicted octanol–water partition coefficient (Wildman–Crippen LogP) is 0.989. The zero-order valence-corrected chi connectivity index (χ0v) is 8.51. The van der Waals surface area contributed by atoms with Crippen LogP contribution in [0.1, 0.15) is 25.5 Å². The van der Waals surface area contributed by atoms with E-state index in [1.54, 1.807) is 17.9 Å². The van der Waals surface area contributed by atoms with E-state index in [-0.39, 0.29) is 0 Å². The SMILES string of the molecule is CC1C=CC(O)(c2cn(C)nn2)CC1. The Hall–Kier alpha value is -1.16. The van der Waals surface area contributed by atoms with Gasteiger partial charge in [0.25, 0.3) is 0 Å². The minimum absolute atomic E-state index is 0.548. The fourth-order valence-corrected chi connectivity index (χ4v) is 1.71. The van der Waals surface area contributed by atoms with Crippen LogP contribution in [-0.2, 0) is 12.6 Å². The van der Waals surface area contributed by atoms with E-state index in [1.807, 2.05) is 12.2 Å². The maximum absolute atomic E-state index is 10.3. The van der Waals surface area contributed by atoms with Gasteiger partial charge in [0, 0.05) is 7.05 Å². The van der Waals surface area contributed by atoms with E-state index in [0.717, 1.165) is 12.8 Å². The highest BCUT2D eigenvalue weighted by Crippen LogP contribution is 2.32. The molecule has 4 heteroatoms. The zero-order chi connectivity index (χ0) is 10.2. The van der Waals surface area contributed by atoms with Crippen LogP contribution in [0.4, 0.5) is 0 Å². The lowest BCUT2D eigenvalue weighted by Crippen LogP contribution is -2.27. The van der Waals surface area contributed by atoms with Crippen molar-refractivity contribution in [3.05, 3.63) is 24.0 Å². The third-order valence-electron chi connectivity index (χ3n) is 2.73. The molecule has 4 nitrogen and oxygen atoms in total. The van der Waals surface area contributed by atoms with Crippen LogP contribution < -0.4 is 0 Å². The lowest BCUT2D eigenvalue weighted by Gasteiger charge is -2.27. The van der Waals surface area contributed by atoms with Crippen LogP contribution in [0, 0.1) is 5.92 Å². The van der Waals surface area contributed by atoms with Crippen molar-refractivity contribution < 1.29 is 5.11 Å². The van der Waals surface area contributed by atoms with Crippen molar-refractivity contribution >= 4 is 0 Å². The highest BCUT2D eigenvalue weighted by atomic mass is 16.3. The first kappa shape index (κ1) is 9.40. The zero-order valence-electron chi connectivity index (χ0n) is 8.51. The molecular weight excluding hydrogens is 178 g/mol. The normalized spacial score (nSPS) is 32.1. The van der Waals surface area contributed by atoms with Gasteiger partial charge in [-0.05, 0) is 18.8 Å². The Morgan fingerprint density at radius 2 is 2.43 bits per heavy atom. The smallest absolute Gasteiger partial charge is 0.128 e. The first-order chi connectivity index (χ1) is 6.60. The molecule has 0 aromatic carbocycles. The van der Waals surface area contributed by atoms with Gasteiger partial charge < -0.3 is 5.11 Å². The van der Waals surface area contributed by atoms with Gasteiger partial charge in [-0.3, -0.25) is 4.68 Å². The Balaban J connectivity index is 2.29. The van der Waals surface area contributed by atoms with Crippen LogP contribution in [0.25, 0.3) is 0 Å². The summed E-state index contributed by atoms with van der Waals surface area (Å²) in [5, 5.41) is 18.0. The van der Waals surface area contributed by atoms with Crippen molar-refractivity contribution in [1.82, 2.24) is 15.0 Å². The lowest BCUT2D eigenvalue weighted by molar-refractivity contribution is 0.0628. The monoisotopic (exact) mass is 193 g/mol. The van der Waals surface area contributed by atoms with E-state index >= 15 is 0 Å². The molecule has 1 aromatic rings. The summed E-state index contributed by atoms with van der Waals surface area (Å²) in [5.41, 5.74) is -0.260. The number of aryl methyl sites for hydroxylation is 1. The maximum Gasteiger partial charge on any atom is 0.128 e. The first-order valence-corrected chi connectivity index (χ1v) is 4.89. The van der Waals surface area contributed by atoms with Gasteiger partial charge in [0.2, 0.25) is 0 Å². The van der Waals surface area contributed by atoms with Crippen LogP contribution in [0.3, 0.4) is 0 Å². The van der Waals surface area contributed by atoms with E-state index in [0.29, 0.717) is 11.6 Å². The third-order valence-corrected chi connectivity index (χ3v) is 2.73. The van der Waals surface area contributed by atoms with Crippen LogP contribution in [0.15, 0.2) is 18.3 Å². The second-order valence-electron chi connectivity index (χ2n) is 4.08. The fourth-order valence-electron chi connectivity index (χ4n) is 1.71. The molecule has 1 N–H and O–H groups in total. The average molecular weight is 193 g/mol. The summed E-state index contributed by atoms with van der Waals surface area (Å²) < 4.78 is 1.61. The number of aromatic nitrogens is 3. The topological polar surface area (TPSA) is 50.9 Å². The third kappa shape index (κ3) is 1.57. The van der Waals surface area contributed by atoms with Crippen molar-refractivity contribution in [2.24, 2.45) is 13.0 Å². The molecular formula is C10H15N3O. The molecule has 0 radical (unpaired) electrons. The Morgan fingerprint density at radius 3 is 2.93 bits per heavy atom.